The van der Waals surface area contributed by atoms with E-state index in [9.17, 15) is 19.5 Å². The van der Waals surface area contributed by atoms with Gasteiger partial charge >= 0.3 is 6.09 Å². The average molecular weight is 538 g/mol. The van der Waals surface area contributed by atoms with Crippen LogP contribution < -0.4 is 10.6 Å². The van der Waals surface area contributed by atoms with Gasteiger partial charge in [-0.05, 0) is 57.4 Å². The van der Waals surface area contributed by atoms with Gasteiger partial charge in [0.15, 0.2) is 0 Å². The van der Waals surface area contributed by atoms with Crippen LogP contribution in [0.5, 0.6) is 5.75 Å². The molecule has 0 bridgehead atoms. The van der Waals surface area contributed by atoms with E-state index < -0.39 is 29.7 Å². The number of aryl methyl sites for hydroxylation is 1. The van der Waals surface area contributed by atoms with Gasteiger partial charge in [-0.25, -0.2) is 4.79 Å². The molecule has 3 amide bonds. The van der Waals surface area contributed by atoms with Crippen molar-refractivity contribution in [3.8, 4) is 5.75 Å². The van der Waals surface area contributed by atoms with E-state index in [2.05, 4.69) is 24.1 Å². The molecule has 3 N–H and O–H groups in total. The summed E-state index contributed by atoms with van der Waals surface area (Å²) in [6, 6.07) is 11.9. The molecule has 2 aromatic rings. The number of hydrogen-bond acceptors (Lipinski definition) is 5. The van der Waals surface area contributed by atoms with E-state index in [1.54, 1.807) is 39.0 Å². The second-order valence-corrected chi connectivity index (χ2v) is 10.7. The molecule has 0 radical (unpaired) electrons. The Morgan fingerprint density at radius 2 is 1.79 bits per heavy atom. The number of carbonyl (C=O) groups is 3. The molecule has 2 unspecified atom stereocenters. The number of rotatable bonds is 13. The monoisotopic (exact) mass is 537 g/mol. The molecule has 0 saturated carbocycles. The van der Waals surface area contributed by atoms with Crippen LogP contribution in [-0.4, -0.2) is 52.6 Å². The molecule has 212 valence electrons. The molecule has 0 heterocycles. The van der Waals surface area contributed by atoms with Gasteiger partial charge in [0.05, 0.1) is 0 Å². The summed E-state index contributed by atoms with van der Waals surface area (Å²) in [5.41, 5.74) is 1.57. The van der Waals surface area contributed by atoms with Crippen molar-refractivity contribution in [1.82, 2.24) is 15.5 Å². The quantitative estimate of drug-likeness (QED) is 0.241. The Balaban J connectivity index is 2.48. The number of amides is 3. The predicted octanol–water partition coefficient (Wildman–Crippen LogP) is 5.20. The highest BCUT2D eigenvalue weighted by Crippen LogP contribution is 2.25. The topological polar surface area (TPSA) is 108 Å². The van der Waals surface area contributed by atoms with E-state index in [-0.39, 0.29) is 24.6 Å². The minimum absolute atomic E-state index is 0.0852. The zero-order chi connectivity index (χ0) is 29.0. The second-order valence-electron chi connectivity index (χ2n) is 10.7. The molecule has 0 aliphatic rings. The number of phenolic OH excluding ortho intramolecular Hbond substituents is 1. The van der Waals surface area contributed by atoms with E-state index >= 15 is 0 Å². The van der Waals surface area contributed by atoms with Gasteiger partial charge in [-0.3, -0.25) is 9.59 Å². The Labute approximate surface area is 232 Å². The van der Waals surface area contributed by atoms with E-state index in [4.69, 9.17) is 4.74 Å². The van der Waals surface area contributed by atoms with Gasteiger partial charge in [0.1, 0.15) is 23.4 Å². The highest BCUT2D eigenvalue weighted by Gasteiger charge is 2.36. The van der Waals surface area contributed by atoms with Crippen molar-refractivity contribution < 1.29 is 24.2 Å². The highest BCUT2D eigenvalue weighted by atomic mass is 16.6. The molecule has 8 heteroatoms. The first-order chi connectivity index (χ1) is 18.4. The lowest BCUT2D eigenvalue weighted by Gasteiger charge is -2.34. The Kier molecular flexibility index (Phi) is 12.0. The third-order valence-corrected chi connectivity index (χ3v) is 5.97. The zero-order valence-electron chi connectivity index (χ0n) is 23.8. The summed E-state index contributed by atoms with van der Waals surface area (Å²) in [4.78, 5) is 42.0. The predicted molar refractivity (Wildman–Crippen MR) is 153 cm³/mol. The van der Waals surface area contributed by atoms with Crippen molar-refractivity contribution in [2.75, 3.05) is 13.1 Å². The number of unbranched alkanes of at least 4 members (excludes halogenated alkanes) is 2. The van der Waals surface area contributed by atoms with Gasteiger partial charge in [0.25, 0.3) is 0 Å². The zero-order valence-corrected chi connectivity index (χ0v) is 23.8. The molecule has 0 aromatic heterocycles. The van der Waals surface area contributed by atoms with E-state index in [1.165, 1.54) is 17.0 Å². The van der Waals surface area contributed by atoms with Gasteiger partial charge in [0.2, 0.25) is 11.8 Å². The largest absolute Gasteiger partial charge is 0.508 e. The normalized spacial score (nSPS) is 12.6. The summed E-state index contributed by atoms with van der Waals surface area (Å²) in [6.07, 6.45) is 3.80. The number of aromatic hydroxyl groups is 1. The van der Waals surface area contributed by atoms with Crippen molar-refractivity contribution in [3.63, 3.8) is 0 Å². The van der Waals surface area contributed by atoms with E-state index in [0.717, 1.165) is 30.4 Å². The van der Waals surface area contributed by atoms with Gasteiger partial charge in [-0.2, -0.15) is 0 Å². The molecule has 2 atom stereocenters. The number of carbonyl (C=O) groups excluding carboxylic acids is 3. The minimum atomic E-state index is -1.04. The number of nitrogens with zero attached hydrogens (tertiary/aromatic N) is 1. The van der Waals surface area contributed by atoms with E-state index in [1.807, 2.05) is 31.2 Å². The summed E-state index contributed by atoms with van der Waals surface area (Å²) < 4.78 is 5.44. The molecule has 0 aliphatic heterocycles. The van der Waals surface area contributed by atoms with Crippen LogP contribution in [0.3, 0.4) is 0 Å². The summed E-state index contributed by atoms with van der Waals surface area (Å²) in [7, 11) is 0. The van der Waals surface area contributed by atoms with Gasteiger partial charge in [-0.1, -0.05) is 67.8 Å². The SMILES string of the molecule is C=CCN(C(=O)C(Cc1ccc(O)cc1)NC(=O)OC(C)(C)C)C(C(=O)NCCCCC)c1cccc(C)c1. The fourth-order valence-corrected chi connectivity index (χ4v) is 4.18. The summed E-state index contributed by atoms with van der Waals surface area (Å²) in [6.45, 7) is 13.6. The molecule has 2 aromatic carbocycles. The lowest BCUT2D eigenvalue weighted by atomic mass is 9.99. The van der Waals surface area contributed by atoms with Crippen LogP contribution in [0.25, 0.3) is 0 Å². The maximum Gasteiger partial charge on any atom is 0.408 e. The Bertz CT molecular complexity index is 1110. The Morgan fingerprint density at radius 1 is 1.10 bits per heavy atom. The summed E-state index contributed by atoms with van der Waals surface area (Å²) >= 11 is 0. The van der Waals surface area contributed by atoms with Crippen molar-refractivity contribution in [3.05, 3.63) is 77.9 Å². The summed E-state index contributed by atoms with van der Waals surface area (Å²) in [5, 5.41) is 15.4. The third kappa shape index (κ3) is 10.5. The minimum Gasteiger partial charge on any atom is -0.508 e. The number of phenols is 1. The number of benzene rings is 2. The maximum atomic E-state index is 14.2. The average Bonchev–Trinajstić information content (AvgIpc) is 2.86. The number of nitrogens with one attached hydrogen (secondary N) is 2. The molecular weight excluding hydrogens is 494 g/mol. The van der Waals surface area contributed by atoms with Gasteiger partial charge < -0.3 is 25.4 Å². The second kappa shape index (κ2) is 15.0. The number of ether oxygens (including phenoxy) is 1. The molecule has 0 aliphatic carbocycles. The van der Waals surface area contributed by atoms with Crippen LogP contribution >= 0.6 is 0 Å². The van der Waals surface area contributed by atoms with Crippen molar-refractivity contribution in [1.29, 1.82) is 0 Å². The smallest absolute Gasteiger partial charge is 0.408 e. The Morgan fingerprint density at radius 3 is 2.38 bits per heavy atom. The summed E-state index contributed by atoms with van der Waals surface area (Å²) in [5.74, 6) is -0.661. The molecule has 0 saturated heterocycles. The molecule has 39 heavy (non-hydrogen) atoms. The van der Waals surface area contributed by atoms with Gasteiger partial charge in [0, 0.05) is 19.5 Å². The number of hydrogen-bond donors (Lipinski definition) is 3. The molecular formula is C31H43N3O5. The first-order valence-corrected chi connectivity index (χ1v) is 13.5. The first-order valence-electron chi connectivity index (χ1n) is 13.5. The lowest BCUT2D eigenvalue weighted by Crippen LogP contribution is -2.54. The first kappa shape index (κ1) is 31.4. The van der Waals surface area contributed by atoms with Crippen LogP contribution in [0.4, 0.5) is 4.79 Å². The molecule has 0 spiro atoms. The lowest BCUT2D eigenvalue weighted by molar-refractivity contribution is -0.141. The van der Waals surface area contributed by atoms with Crippen molar-refractivity contribution >= 4 is 17.9 Å². The van der Waals surface area contributed by atoms with Gasteiger partial charge in [-0.15, -0.1) is 6.58 Å². The fraction of sp³-hybridized carbons (Fsp3) is 0.452. The van der Waals surface area contributed by atoms with Crippen LogP contribution in [0, 0.1) is 6.92 Å². The standard InChI is InChI=1S/C31H43N3O5/c1-7-9-10-18-32-28(36)27(24-13-11-12-22(3)20-24)34(19-8-2)29(37)26(33-30(38)39-31(4,5)6)21-23-14-16-25(35)17-15-23/h8,11-17,20,26-27,35H,2,7,9-10,18-19,21H2,1,3-6H3,(H,32,36)(H,33,38). The van der Waals surface area contributed by atoms with E-state index in [0.29, 0.717) is 12.1 Å². The van der Waals surface area contributed by atoms with Crippen LogP contribution in [0.15, 0.2) is 61.2 Å². The maximum absolute atomic E-state index is 14.2. The van der Waals surface area contributed by atoms with Crippen LogP contribution in [-0.2, 0) is 20.7 Å². The molecule has 0 fully saturated rings. The Hall–Kier alpha value is -3.81. The van der Waals surface area contributed by atoms with Crippen molar-refractivity contribution in [2.24, 2.45) is 0 Å². The number of alkyl carbamates (subject to hydrolysis) is 1. The highest BCUT2D eigenvalue weighted by molar-refractivity contribution is 5.92. The molecule has 8 nitrogen and oxygen atoms in total. The van der Waals surface area contributed by atoms with Crippen LogP contribution in [0.1, 0.15) is 69.7 Å². The van der Waals surface area contributed by atoms with Crippen molar-refractivity contribution in [2.45, 2.75) is 78.0 Å². The molecule has 2 rings (SSSR count). The third-order valence-electron chi connectivity index (χ3n) is 5.97. The van der Waals surface area contributed by atoms with Crippen LogP contribution in [0.2, 0.25) is 0 Å². The fourth-order valence-electron chi connectivity index (χ4n) is 4.18.